The van der Waals surface area contributed by atoms with Crippen LogP contribution >= 0.6 is 0 Å². The van der Waals surface area contributed by atoms with Crippen molar-refractivity contribution in [1.29, 1.82) is 0 Å². The molecule has 2 aliphatic heterocycles. The third-order valence-electron chi connectivity index (χ3n) is 3.83. The molecule has 0 radical (unpaired) electrons. The molecule has 0 aromatic carbocycles. The lowest BCUT2D eigenvalue weighted by Gasteiger charge is -2.31. The molecule has 0 bridgehead atoms. The summed E-state index contributed by atoms with van der Waals surface area (Å²) in [6, 6.07) is 0. The Labute approximate surface area is 123 Å². The number of hydrogen-bond donors (Lipinski definition) is 1. The molecular weight excluding hydrogens is 276 g/mol. The summed E-state index contributed by atoms with van der Waals surface area (Å²) in [7, 11) is 0. The smallest absolute Gasteiger partial charge is 0.413 e. The van der Waals surface area contributed by atoms with E-state index in [4.69, 9.17) is 9.47 Å². The SMILES string of the molecule is CC(C)(C)OC(=O)N1C[C@@]2(CCCNC2=O)C[C@H]1OC=O. The van der Waals surface area contributed by atoms with Crippen molar-refractivity contribution in [1.82, 2.24) is 10.2 Å². The predicted octanol–water partition coefficient (Wildman–Crippen LogP) is 1.02. The van der Waals surface area contributed by atoms with Gasteiger partial charge in [-0.1, -0.05) is 0 Å². The van der Waals surface area contributed by atoms with Crippen molar-refractivity contribution in [3.8, 4) is 0 Å². The molecule has 2 amide bonds. The van der Waals surface area contributed by atoms with Gasteiger partial charge in [-0.05, 0) is 33.6 Å². The summed E-state index contributed by atoms with van der Waals surface area (Å²) in [5.41, 5.74) is -1.32. The Morgan fingerprint density at radius 2 is 2.19 bits per heavy atom. The zero-order valence-electron chi connectivity index (χ0n) is 12.7. The summed E-state index contributed by atoms with van der Waals surface area (Å²) >= 11 is 0. The van der Waals surface area contributed by atoms with Gasteiger partial charge in [0.05, 0.1) is 5.41 Å². The molecule has 0 saturated carbocycles. The topological polar surface area (TPSA) is 84.9 Å². The van der Waals surface area contributed by atoms with Crippen LogP contribution in [0.5, 0.6) is 0 Å². The Morgan fingerprint density at radius 1 is 1.48 bits per heavy atom. The van der Waals surface area contributed by atoms with Crippen LogP contribution in [0.4, 0.5) is 4.79 Å². The van der Waals surface area contributed by atoms with Crippen LogP contribution in [0.25, 0.3) is 0 Å². The molecule has 2 aliphatic rings. The molecule has 2 atom stereocenters. The average Bonchev–Trinajstić information content (AvgIpc) is 2.72. The predicted molar refractivity (Wildman–Crippen MR) is 73.2 cm³/mol. The maximum absolute atomic E-state index is 12.3. The summed E-state index contributed by atoms with van der Waals surface area (Å²) in [4.78, 5) is 36.4. The quantitative estimate of drug-likeness (QED) is 0.769. The van der Waals surface area contributed by atoms with Crippen LogP contribution in [0.2, 0.25) is 0 Å². The van der Waals surface area contributed by atoms with Gasteiger partial charge in [-0.3, -0.25) is 14.5 Å². The van der Waals surface area contributed by atoms with Gasteiger partial charge in [-0.15, -0.1) is 0 Å². The monoisotopic (exact) mass is 298 g/mol. The number of likely N-dealkylation sites (tertiary alicyclic amines) is 1. The Bertz CT molecular complexity index is 445. The number of ether oxygens (including phenoxy) is 2. The second-order valence-corrected chi connectivity index (χ2v) is 6.64. The maximum atomic E-state index is 12.3. The van der Waals surface area contributed by atoms with Gasteiger partial charge >= 0.3 is 6.09 Å². The summed E-state index contributed by atoms with van der Waals surface area (Å²) < 4.78 is 10.3. The van der Waals surface area contributed by atoms with Crippen LogP contribution in [-0.4, -0.2) is 48.3 Å². The largest absolute Gasteiger partial charge is 0.444 e. The van der Waals surface area contributed by atoms with E-state index in [9.17, 15) is 14.4 Å². The van der Waals surface area contributed by atoms with Gasteiger partial charge in [0.15, 0.2) is 6.23 Å². The molecule has 0 aromatic rings. The molecule has 1 spiro atoms. The fourth-order valence-electron chi connectivity index (χ4n) is 2.90. The van der Waals surface area contributed by atoms with Crippen molar-refractivity contribution in [2.45, 2.75) is 51.9 Å². The summed E-state index contributed by atoms with van der Waals surface area (Å²) in [6.07, 6.45) is 0.529. The van der Waals surface area contributed by atoms with E-state index < -0.39 is 23.3 Å². The number of hydrogen-bond acceptors (Lipinski definition) is 5. The van der Waals surface area contributed by atoms with E-state index in [0.29, 0.717) is 25.9 Å². The first kappa shape index (κ1) is 15.6. The van der Waals surface area contributed by atoms with Gasteiger partial charge in [0, 0.05) is 19.5 Å². The lowest BCUT2D eigenvalue weighted by Crippen LogP contribution is -2.48. The minimum atomic E-state index is -0.749. The second kappa shape index (κ2) is 5.54. The molecule has 2 saturated heterocycles. The van der Waals surface area contributed by atoms with Crippen molar-refractivity contribution in [3.63, 3.8) is 0 Å². The van der Waals surface area contributed by atoms with Crippen molar-refractivity contribution in [2.75, 3.05) is 13.1 Å². The number of nitrogens with zero attached hydrogens (tertiary/aromatic N) is 1. The fourth-order valence-corrected chi connectivity index (χ4v) is 2.90. The molecular formula is C14H22N2O5. The minimum absolute atomic E-state index is 0.0840. The summed E-state index contributed by atoms with van der Waals surface area (Å²) in [6.45, 7) is 6.46. The first-order valence-corrected chi connectivity index (χ1v) is 7.14. The molecule has 0 aliphatic carbocycles. The molecule has 7 nitrogen and oxygen atoms in total. The van der Waals surface area contributed by atoms with E-state index in [1.54, 1.807) is 20.8 Å². The van der Waals surface area contributed by atoms with Crippen molar-refractivity contribution in [3.05, 3.63) is 0 Å². The van der Waals surface area contributed by atoms with Crippen molar-refractivity contribution >= 4 is 18.5 Å². The van der Waals surface area contributed by atoms with Crippen LogP contribution in [0.1, 0.15) is 40.0 Å². The summed E-state index contributed by atoms with van der Waals surface area (Å²) in [5, 5.41) is 2.82. The number of carbonyl (C=O) groups excluding carboxylic acids is 3. The lowest BCUT2D eigenvalue weighted by molar-refractivity contribution is -0.141. The first-order valence-electron chi connectivity index (χ1n) is 7.14. The van der Waals surface area contributed by atoms with E-state index >= 15 is 0 Å². The van der Waals surface area contributed by atoms with Crippen LogP contribution in [0.15, 0.2) is 0 Å². The molecule has 21 heavy (non-hydrogen) atoms. The van der Waals surface area contributed by atoms with Gasteiger partial charge in [0.25, 0.3) is 6.47 Å². The van der Waals surface area contributed by atoms with Crippen molar-refractivity contribution in [2.24, 2.45) is 5.41 Å². The molecule has 2 fully saturated rings. The zero-order valence-corrected chi connectivity index (χ0v) is 12.7. The highest BCUT2D eigenvalue weighted by Crippen LogP contribution is 2.41. The Balaban J connectivity index is 2.17. The Morgan fingerprint density at radius 3 is 2.76 bits per heavy atom. The number of amides is 2. The standard InChI is InChI=1S/C14H22N2O5/c1-13(2,3)21-12(19)16-8-14(7-10(16)20-9-17)5-4-6-15-11(14)18/h9-10H,4-8H2,1-3H3,(H,15,18)/t10-,14-/m1/s1. The van der Waals surface area contributed by atoms with E-state index in [1.807, 2.05) is 0 Å². The van der Waals surface area contributed by atoms with Crippen LogP contribution in [0, 0.1) is 5.41 Å². The third kappa shape index (κ3) is 3.28. The normalized spacial score (nSPS) is 29.2. The van der Waals surface area contributed by atoms with Gasteiger partial charge in [0.2, 0.25) is 5.91 Å². The van der Waals surface area contributed by atoms with Crippen LogP contribution in [0.3, 0.4) is 0 Å². The molecule has 0 aromatic heterocycles. The van der Waals surface area contributed by atoms with E-state index in [2.05, 4.69) is 5.32 Å². The van der Waals surface area contributed by atoms with E-state index in [1.165, 1.54) is 4.90 Å². The van der Waals surface area contributed by atoms with Crippen LogP contribution < -0.4 is 5.32 Å². The maximum Gasteiger partial charge on any atom is 0.413 e. The number of carbonyl (C=O) groups is 3. The zero-order chi connectivity index (χ0) is 15.7. The summed E-state index contributed by atoms with van der Waals surface area (Å²) in [5.74, 6) is -0.0840. The lowest BCUT2D eigenvalue weighted by atomic mass is 9.79. The van der Waals surface area contributed by atoms with Gasteiger partial charge < -0.3 is 14.8 Å². The molecule has 118 valence electrons. The third-order valence-corrected chi connectivity index (χ3v) is 3.83. The Hall–Kier alpha value is -1.79. The van der Waals surface area contributed by atoms with Gasteiger partial charge in [-0.25, -0.2) is 4.79 Å². The molecule has 0 unspecified atom stereocenters. The number of nitrogens with one attached hydrogen (secondary N) is 1. The Kier molecular flexibility index (Phi) is 4.11. The average molecular weight is 298 g/mol. The molecule has 2 heterocycles. The van der Waals surface area contributed by atoms with E-state index in [0.717, 1.165) is 6.42 Å². The van der Waals surface area contributed by atoms with E-state index in [-0.39, 0.29) is 12.5 Å². The highest BCUT2D eigenvalue weighted by Gasteiger charge is 2.53. The van der Waals surface area contributed by atoms with Gasteiger partial charge in [-0.2, -0.15) is 0 Å². The highest BCUT2D eigenvalue weighted by molar-refractivity contribution is 5.85. The van der Waals surface area contributed by atoms with Crippen LogP contribution in [-0.2, 0) is 19.1 Å². The molecule has 7 heteroatoms. The molecule has 2 rings (SSSR count). The minimum Gasteiger partial charge on any atom is -0.444 e. The molecule has 1 N–H and O–H groups in total. The number of rotatable bonds is 2. The van der Waals surface area contributed by atoms with Crippen molar-refractivity contribution < 1.29 is 23.9 Å². The fraction of sp³-hybridized carbons (Fsp3) is 0.786. The second-order valence-electron chi connectivity index (χ2n) is 6.64. The highest BCUT2D eigenvalue weighted by atomic mass is 16.6. The van der Waals surface area contributed by atoms with Gasteiger partial charge in [0.1, 0.15) is 5.60 Å². The number of piperidine rings is 1. The first-order chi connectivity index (χ1) is 9.77.